The zero-order valence-corrected chi connectivity index (χ0v) is 16.8. The van der Waals surface area contributed by atoms with E-state index in [0.717, 1.165) is 38.6 Å². The molecule has 1 unspecified atom stereocenters. The van der Waals surface area contributed by atoms with Gasteiger partial charge in [-0.25, -0.2) is 0 Å². The Morgan fingerprint density at radius 2 is 1.90 bits per heavy atom. The standard InChI is InChI=1S/C23H27N3O3/c1-29-19-9-13-24-20(17-19)21(27)26-15-6-12-23(26)11-5-14-25(22(23)28)16-10-18-7-3-2-4-8-18/h2-4,7-9,13,17H,5-6,10-12,14-16H2,1H3. The Morgan fingerprint density at radius 1 is 1.14 bits per heavy atom. The van der Waals surface area contributed by atoms with E-state index in [4.69, 9.17) is 4.74 Å². The lowest BCUT2D eigenvalue weighted by Gasteiger charge is -2.44. The smallest absolute Gasteiger partial charge is 0.273 e. The van der Waals surface area contributed by atoms with Crippen LogP contribution in [0.25, 0.3) is 0 Å². The van der Waals surface area contributed by atoms with E-state index in [2.05, 4.69) is 17.1 Å². The molecule has 0 aliphatic carbocycles. The van der Waals surface area contributed by atoms with Gasteiger partial charge in [0, 0.05) is 31.9 Å². The van der Waals surface area contributed by atoms with E-state index in [1.54, 1.807) is 30.3 Å². The van der Waals surface area contributed by atoms with E-state index in [0.29, 0.717) is 24.5 Å². The molecule has 0 N–H and O–H groups in total. The highest BCUT2D eigenvalue weighted by atomic mass is 16.5. The zero-order valence-electron chi connectivity index (χ0n) is 16.8. The molecule has 29 heavy (non-hydrogen) atoms. The molecule has 2 aromatic rings. The molecule has 3 heterocycles. The van der Waals surface area contributed by atoms with Crippen molar-refractivity contribution in [3.8, 4) is 5.75 Å². The molecule has 1 atom stereocenters. The summed E-state index contributed by atoms with van der Waals surface area (Å²) in [6, 6.07) is 13.6. The van der Waals surface area contributed by atoms with Gasteiger partial charge in [0.05, 0.1) is 7.11 Å². The largest absolute Gasteiger partial charge is 0.497 e. The highest BCUT2D eigenvalue weighted by molar-refractivity contribution is 5.99. The predicted molar refractivity (Wildman–Crippen MR) is 110 cm³/mol. The Balaban J connectivity index is 1.53. The summed E-state index contributed by atoms with van der Waals surface area (Å²) in [7, 11) is 1.57. The Kier molecular flexibility index (Phi) is 5.51. The summed E-state index contributed by atoms with van der Waals surface area (Å²) in [4.78, 5) is 34.7. The van der Waals surface area contributed by atoms with Gasteiger partial charge in [-0.2, -0.15) is 0 Å². The molecule has 2 aliphatic rings. The molecule has 0 saturated carbocycles. The van der Waals surface area contributed by atoms with Gasteiger partial charge >= 0.3 is 0 Å². The number of nitrogens with zero attached hydrogens (tertiary/aromatic N) is 3. The second kappa shape index (κ2) is 8.23. The van der Waals surface area contributed by atoms with Crippen molar-refractivity contribution in [2.24, 2.45) is 0 Å². The van der Waals surface area contributed by atoms with Gasteiger partial charge in [-0.1, -0.05) is 30.3 Å². The first-order valence-corrected chi connectivity index (χ1v) is 10.3. The van der Waals surface area contributed by atoms with Crippen LogP contribution in [0.1, 0.15) is 41.7 Å². The van der Waals surface area contributed by atoms with Gasteiger partial charge in [0.25, 0.3) is 5.91 Å². The van der Waals surface area contributed by atoms with Crippen molar-refractivity contribution in [1.29, 1.82) is 0 Å². The number of hydrogen-bond donors (Lipinski definition) is 0. The quantitative estimate of drug-likeness (QED) is 0.784. The monoisotopic (exact) mass is 393 g/mol. The average molecular weight is 393 g/mol. The topological polar surface area (TPSA) is 62.7 Å². The molecule has 6 nitrogen and oxygen atoms in total. The minimum atomic E-state index is -0.725. The number of hydrogen-bond acceptors (Lipinski definition) is 4. The highest BCUT2D eigenvalue weighted by Gasteiger charge is 2.52. The molecule has 2 saturated heterocycles. The Morgan fingerprint density at radius 3 is 2.66 bits per heavy atom. The summed E-state index contributed by atoms with van der Waals surface area (Å²) in [6.07, 6.45) is 5.61. The van der Waals surface area contributed by atoms with Crippen LogP contribution in [0.5, 0.6) is 5.75 Å². The van der Waals surface area contributed by atoms with Crippen molar-refractivity contribution in [2.45, 2.75) is 37.6 Å². The molecule has 0 radical (unpaired) electrons. The second-order valence-electron chi connectivity index (χ2n) is 7.80. The van der Waals surface area contributed by atoms with Crippen LogP contribution in [-0.4, -0.2) is 58.9 Å². The molecule has 2 fully saturated rings. The van der Waals surface area contributed by atoms with Crippen molar-refractivity contribution in [3.05, 3.63) is 59.9 Å². The van der Waals surface area contributed by atoms with E-state index in [9.17, 15) is 9.59 Å². The van der Waals surface area contributed by atoms with Gasteiger partial charge < -0.3 is 14.5 Å². The van der Waals surface area contributed by atoms with Crippen LogP contribution in [0.15, 0.2) is 48.7 Å². The van der Waals surface area contributed by atoms with Gasteiger partial charge in [0.1, 0.15) is 17.0 Å². The molecule has 1 aromatic heterocycles. The molecule has 0 bridgehead atoms. The first-order chi connectivity index (χ1) is 14.1. The summed E-state index contributed by atoms with van der Waals surface area (Å²) < 4.78 is 5.23. The second-order valence-corrected chi connectivity index (χ2v) is 7.80. The van der Waals surface area contributed by atoms with Crippen LogP contribution in [0.4, 0.5) is 0 Å². The third-order valence-electron chi connectivity index (χ3n) is 6.14. The van der Waals surface area contributed by atoms with Gasteiger partial charge in [-0.3, -0.25) is 14.6 Å². The summed E-state index contributed by atoms with van der Waals surface area (Å²) in [5, 5.41) is 0. The maximum Gasteiger partial charge on any atom is 0.273 e. The number of ether oxygens (including phenoxy) is 1. The number of rotatable bonds is 5. The molecular formula is C23H27N3O3. The van der Waals surface area contributed by atoms with E-state index >= 15 is 0 Å². The fourth-order valence-corrected chi connectivity index (χ4v) is 4.64. The van der Waals surface area contributed by atoms with Crippen molar-refractivity contribution < 1.29 is 14.3 Å². The normalized spacial score (nSPS) is 21.6. The first-order valence-electron chi connectivity index (χ1n) is 10.3. The first kappa shape index (κ1) is 19.4. The fraction of sp³-hybridized carbons (Fsp3) is 0.435. The molecule has 4 rings (SSSR count). The minimum absolute atomic E-state index is 0.0911. The maximum absolute atomic E-state index is 13.5. The number of carbonyl (C=O) groups excluding carboxylic acids is 2. The highest BCUT2D eigenvalue weighted by Crippen LogP contribution is 2.39. The number of methoxy groups -OCH3 is 1. The van der Waals surface area contributed by atoms with Crippen molar-refractivity contribution in [3.63, 3.8) is 0 Å². The molecule has 2 amide bonds. The molecule has 2 aliphatic heterocycles. The number of amides is 2. The van der Waals surface area contributed by atoms with Crippen molar-refractivity contribution >= 4 is 11.8 Å². The van der Waals surface area contributed by atoms with Crippen LogP contribution < -0.4 is 4.74 Å². The van der Waals surface area contributed by atoms with Crippen molar-refractivity contribution in [2.75, 3.05) is 26.7 Å². The van der Waals surface area contributed by atoms with Crippen LogP contribution in [0.2, 0.25) is 0 Å². The third kappa shape index (κ3) is 3.71. The fourth-order valence-electron chi connectivity index (χ4n) is 4.64. The van der Waals surface area contributed by atoms with Crippen LogP contribution in [0, 0.1) is 0 Å². The SMILES string of the molecule is COc1ccnc(C(=O)N2CCCC23CCCN(CCc2ccccc2)C3=O)c1. The lowest BCUT2D eigenvalue weighted by Crippen LogP contribution is -2.61. The molecule has 1 aromatic carbocycles. The van der Waals surface area contributed by atoms with Gasteiger partial charge in [0.2, 0.25) is 5.91 Å². The molecule has 1 spiro atoms. The number of pyridine rings is 1. The maximum atomic E-state index is 13.5. The summed E-state index contributed by atoms with van der Waals surface area (Å²) in [6.45, 7) is 2.03. The number of likely N-dealkylation sites (tertiary alicyclic amines) is 2. The third-order valence-corrected chi connectivity index (χ3v) is 6.14. The lowest BCUT2D eigenvalue weighted by molar-refractivity contribution is -0.145. The number of carbonyl (C=O) groups is 2. The summed E-state index contributed by atoms with van der Waals surface area (Å²) >= 11 is 0. The zero-order chi connectivity index (χ0) is 20.3. The molecular weight excluding hydrogens is 366 g/mol. The number of aromatic nitrogens is 1. The van der Waals surface area contributed by atoms with E-state index in [1.165, 1.54) is 5.56 Å². The molecule has 6 heteroatoms. The van der Waals surface area contributed by atoms with E-state index in [-0.39, 0.29) is 11.8 Å². The summed E-state index contributed by atoms with van der Waals surface area (Å²) in [5.41, 5.74) is 0.830. The average Bonchev–Trinajstić information content (AvgIpc) is 3.19. The summed E-state index contributed by atoms with van der Waals surface area (Å²) in [5.74, 6) is 0.504. The van der Waals surface area contributed by atoms with Crippen LogP contribution in [-0.2, 0) is 11.2 Å². The Hall–Kier alpha value is -2.89. The lowest BCUT2D eigenvalue weighted by atomic mass is 9.85. The minimum Gasteiger partial charge on any atom is -0.497 e. The van der Waals surface area contributed by atoms with Gasteiger partial charge in [0.15, 0.2) is 0 Å². The van der Waals surface area contributed by atoms with Gasteiger partial charge in [-0.15, -0.1) is 0 Å². The van der Waals surface area contributed by atoms with Crippen LogP contribution in [0.3, 0.4) is 0 Å². The van der Waals surface area contributed by atoms with E-state index in [1.807, 2.05) is 23.1 Å². The van der Waals surface area contributed by atoms with Crippen molar-refractivity contribution in [1.82, 2.24) is 14.8 Å². The predicted octanol–water partition coefficient (Wildman–Crippen LogP) is 2.93. The van der Waals surface area contributed by atoms with E-state index < -0.39 is 5.54 Å². The number of benzene rings is 1. The Bertz CT molecular complexity index is 886. The van der Waals surface area contributed by atoms with Gasteiger partial charge in [-0.05, 0) is 43.7 Å². The van der Waals surface area contributed by atoms with Crippen LogP contribution >= 0.6 is 0 Å². The number of piperidine rings is 1. The molecule has 152 valence electrons. The Labute approximate surface area is 171 Å².